The molecule has 100 valence electrons. The molecular weight excluding hydrogens is 236 g/mol. The number of hydrogen-bond acceptors (Lipinski definition) is 3. The molecule has 0 aromatic rings. The maximum Gasteiger partial charge on any atom is 0.222 e. The van der Waals surface area contributed by atoms with Crippen LogP contribution in [0.15, 0.2) is 0 Å². The van der Waals surface area contributed by atoms with Crippen LogP contribution in [-0.2, 0) is 15.6 Å². The molecule has 4 nitrogen and oxygen atoms in total. The van der Waals surface area contributed by atoms with Gasteiger partial charge in [-0.15, -0.1) is 0 Å². The number of nitrogens with two attached hydrogens (primary N) is 1. The minimum absolute atomic E-state index is 0.220. The highest BCUT2D eigenvalue weighted by Gasteiger charge is 2.20. The number of nitrogens with zero attached hydrogens (tertiary/aromatic N) is 1. The summed E-state index contributed by atoms with van der Waals surface area (Å²) in [6.45, 7) is 4.18. The monoisotopic (exact) mass is 260 g/mol. The minimum Gasteiger partial charge on any atom is -0.341 e. The SMILES string of the molecule is CCC(CCN)CCC(=O)N1CCS(=O)CC1. The van der Waals surface area contributed by atoms with Gasteiger partial charge < -0.3 is 10.6 Å². The molecule has 1 aliphatic rings. The Balaban J connectivity index is 2.26. The zero-order chi connectivity index (χ0) is 12.7. The van der Waals surface area contributed by atoms with Crippen LogP contribution in [0.5, 0.6) is 0 Å². The lowest BCUT2D eigenvalue weighted by Crippen LogP contribution is -2.41. The lowest BCUT2D eigenvalue weighted by molar-refractivity contribution is -0.131. The van der Waals surface area contributed by atoms with Crippen LogP contribution in [0.1, 0.15) is 32.6 Å². The Morgan fingerprint density at radius 2 is 2.00 bits per heavy atom. The molecule has 0 saturated carbocycles. The quantitative estimate of drug-likeness (QED) is 0.766. The van der Waals surface area contributed by atoms with Gasteiger partial charge in [-0.05, 0) is 25.3 Å². The van der Waals surface area contributed by atoms with Crippen molar-refractivity contribution in [2.45, 2.75) is 32.6 Å². The Morgan fingerprint density at radius 3 is 2.53 bits per heavy atom. The first-order valence-corrected chi connectivity index (χ1v) is 7.99. The summed E-state index contributed by atoms with van der Waals surface area (Å²) in [6, 6.07) is 0. The second kappa shape index (κ2) is 7.82. The molecule has 1 unspecified atom stereocenters. The molecule has 1 rings (SSSR count). The summed E-state index contributed by atoms with van der Waals surface area (Å²) in [7, 11) is -0.705. The fraction of sp³-hybridized carbons (Fsp3) is 0.917. The zero-order valence-electron chi connectivity index (χ0n) is 10.7. The summed E-state index contributed by atoms with van der Waals surface area (Å²) in [5.74, 6) is 2.08. The highest BCUT2D eigenvalue weighted by Crippen LogP contribution is 2.16. The third-order valence-electron chi connectivity index (χ3n) is 3.45. The van der Waals surface area contributed by atoms with Gasteiger partial charge in [0.1, 0.15) is 0 Å². The van der Waals surface area contributed by atoms with Gasteiger partial charge in [-0.1, -0.05) is 13.3 Å². The minimum atomic E-state index is -0.705. The van der Waals surface area contributed by atoms with E-state index < -0.39 is 10.8 Å². The van der Waals surface area contributed by atoms with Gasteiger partial charge in [-0.2, -0.15) is 0 Å². The molecule has 1 amide bonds. The molecule has 0 aliphatic carbocycles. The van der Waals surface area contributed by atoms with Gasteiger partial charge in [0.15, 0.2) is 0 Å². The molecule has 0 aromatic carbocycles. The number of carbonyl (C=O) groups excluding carboxylic acids is 1. The normalized spacial score (nSPS) is 19.3. The van der Waals surface area contributed by atoms with E-state index in [2.05, 4.69) is 6.92 Å². The van der Waals surface area contributed by atoms with Gasteiger partial charge >= 0.3 is 0 Å². The summed E-state index contributed by atoms with van der Waals surface area (Å²) in [5, 5.41) is 0. The molecule has 17 heavy (non-hydrogen) atoms. The van der Waals surface area contributed by atoms with Crippen LogP contribution in [0.3, 0.4) is 0 Å². The van der Waals surface area contributed by atoms with E-state index in [0.717, 1.165) is 19.3 Å². The summed E-state index contributed by atoms with van der Waals surface area (Å²) < 4.78 is 11.2. The maximum absolute atomic E-state index is 11.9. The topological polar surface area (TPSA) is 63.4 Å². The van der Waals surface area contributed by atoms with Crippen molar-refractivity contribution < 1.29 is 9.00 Å². The molecule has 2 N–H and O–H groups in total. The van der Waals surface area contributed by atoms with Crippen LogP contribution in [0.25, 0.3) is 0 Å². The Bertz CT molecular complexity index is 261. The van der Waals surface area contributed by atoms with Gasteiger partial charge in [-0.3, -0.25) is 9.00 Å². The molecule has 0 aromatic heterocycles. The highest BCUT2D eigenvalue weighted by atomic mass is 32.2. The van der Waals surface area contributed by atoms with Crippen LogP contribution in [-0.4, -0.2) is 46.2 Å². The van der Waals surface area contributed by atoms with Crippen molar-refractivity contribution >= 4 is 16.7 Å². The molecule has 0 bridgehead atoms. The lowest BCUT2D eigenvalue weighted by Gasteiger charge is -2.27. The second-order valence-corrected chi connectivity index (χ2v) is 6.32. The third-order valence-corrected chi connectivity index (χ3v) is 4.73. The fourth-order valence-corrected chi connectivity index (χ4v) is 3.21. The van der Waals surface area contributed by atoms with Crippen molar-refractivity contribution in [2.24, 2.45) is 11.7 Å². The molecule has 1 saturated heterocycles. The molecule has 1 atom stereocenters. The van der Waals surface area contributed by atoms with Gasteiger partial charge in [-0.25, -0.2) is 0 Å². The molecule has 5 heteroatoms. The molecule has 0 radical (unpaired) electrons. The second-order valence-electron chi connectivity index (χ2n) is 4.62. The average Bonchev–Trinajstić information content (AvgIpc) is 2.35. The molecule has 1 heterocycles. The van der Waals surface area contributed by atoms with E-state index in [4.69, 9.17) is 5.73 Å². The summed E-state index contributed by atoms with van der Waals surface area (Å²) >= 11 is 0. The van der Waals surface area contributed by atoms with E-state index in [-0.39, 0.29) is 5.91 Å². The lowest BCUT2D eigenvalue weighted by atomic mass is 9.96. The van der Waals surface area contributed by atoms with Crippen LogP contribution >= 0.6 is 0 Å². The van der Waals surface area contributed by atoms with E-state index in [9.17, 15) is 9.00 Å². The van der Waals surface area contributed by atoms with E-state index in [1.807, 2.05) is 4.90 Å². The number of rotatable bonds is 6. The Morgan fingerprint density at radius 1 is 1.35 bits per heavy atom. The fourth-order valence-electron chi connectivity index (χ4n) is 2.16. The van der Waals surface area contributed by atoms with Gasteiger partial charge in [0, 0.05) is 41.8 Å². The van der Waals surface area contributed by atoms with Crippen LogP contribution in [0.2, 0.25) is 0 Å². The highest BCUT2D eigenvalue weighted by molar-refractivity contribution is 7.85. The summed E-state index contributed by atoms with van der Waals surface area (Å²) in [5.41, 5.74) is 5.54. The Labute approximate surface area is 106 Å². The third kappa shape index (κ3) is 5.17. The van der Waals surface area contributed by atoms with Crippen molar-refractivity contribution in [1.82, 2.24) is 4.90 Å². The average molecular weight is 260 g/mol. The van der Waals surface area contributed by atoms with E-state index in [1.54, 1.807) is 0 Å². The Kier molecular flexibility index (Phi) is 6.73. The zero-order valence-corrected chi connectivity index (χ0v) is 11.5. The first-order valence-electron chi connectivity index (χ1n) is 6.50. The van der Waals surface area contributed by atoms with Crippen molar-refractivity contribution in [2.75, 3.05) is 31.1 Å². The van der Waals surface area contributed by atoms with Crippen molar-refractivity contribution in [3.05, 3.63) is 0 Å². The number of carbonyl (C=O) groups is 1. The maximum atomic E-state index is 11.9. The largest absolute Gasteiger partial charge is 0.341 e. The molecule has 0 spiro atoms. The molecular formula is C12H24N2O2S. The van der Waals surface area contributed by atoms with Crippen LogP contribution in [0.4, 0.5) is 0 Å². The van der Waals surface area contributed by atoms with E-state index in [1.165, 1.54) is 0 Å². The standard InChI is InChI=1S/C12H24N2O2S/c1-2-11(5-6-13)3-4-12(15)14-7-9-17(16)10-8-14/h11H,2-10,13H2,1H3. The van der Waals surface area contributed by atoms with Crippen LogP contribution < -0.4 is 5.73 Å². The van der Waals surface area contributed by atoms with E-state index >= 15 is 0 Å². The van der Waals surface area contributed by atoms with Crippen molar-refractivity contribution in [1.29, 1.82) is 0 Å². The summed E-state index contributed by atoms with van der Waals surface area (Å²) in [6.07, 6.45) is 3.65. The molecule has 1 aliphatic heterocycles. The van der Waals surface area contributed by atoms with Gasteiger partial charge in [0.2, 0.25) is 5.91 Å². The predicted molar refractivity (Wildman–Crippen MR) is 71.1 cm³/mol. The van der Waals surface area contributed by atoms with Gasteiger partial charge in [0.25, 0.3) is 0 Å². The summed E-state index contributed by atoms with van der Waals surface area (Å²) in [4.78, 5) is 13.8. The molecule has 1 fully saturated rings. The van der Waals surface area contributed by atoms with Gasteiger partial charge in [0.05, 0.1) is 0 Å². The Hall–Kier alpha value is -0.420. The predicted octanol–water partition coefficient (Wildman–Crippen LogP) is 0.733. The van der Waals surface area contributed by atoms with Crippen LogP contribution in [0, 0.1) is 5.92 Å². The number of amides is 1. The first kappa shape index (κ1) is 14.6. The van der Waals surface area contributed by atoms with E-state index in [0.29, 0.717) is 43.5 Å². The van der Waals surface area contributed by atoms with Crippen molar-refractivity contribution in [3.63, 3.8) is 0 Å². The number of hydrogen-bond donors (Lipinski definition) is 1. The van der Waals surface area contributed by atoms with Crippen molar-refractivity contribution in [3.8, 4) is 0 Å². The smallest absolute Gasteiger partial charge is 0.222 e. The first-order chi connectivity index (χ1) is 8.17.